The molecule has 0 radical (unpaired) electrons. The lowest BCUT2D eigenvalue weighted by Crippen LogP contribution is -2.48. The number of benzene rings is 1. The number of carbonyl (C=O) groups is 1. The van der Waals surface area contributed by atoms with Crippen LogP contribution in [-0.2, 0) is 0 Å². The first-order chi connectivity index (χ1) is 16.0. The molecule has 4 rings (SSSR count). The molecule has 0 saturated carbocycles. The van der Waals surface area contributed by atoms with Crippen LogP contribution in [0.5, 0.6) is 0 Å². The van der Waals surface area contributed by atoms with Crippen LogP contribution < -0.4 is 5.56 Å². The summed E-state index contributed by atoms with van der Waals surface area (Å²) in [6.07, 6.45) is 4.74. The Morgan fingerprint density at radius 2 is 2.00 bits per heavy atom. The highest BCUT2D eigenvalue weighted by Crippen LogP contribution is 2.25. The second-order valence-electron chi connectivity index (χ2n) is 8.03. The molecule has 168 valence electrons. The lowest BCUT2D eigenvalue weighted by atomic mass is 9.96. The molecule has 1 amide bonds. The van der Waals surface area contributed by atoms with Crippen LogP contribution in [0, 0.1) is 18.3 Å². The van der Waals surface area contributed by atoms with Crippen molar-refractivity contribution in [3.63, 3.8) is 0 Å². The molecule has 33 heavy (non-hydrogen) atoms. The smallest absolute Gasteiger partial charge is 0.280 e. The molecule has 8 nitrogen and oxygen atoms in total. The Balaban J connectivity index is 1.59. The van der Waals surface area contributed by atoms with Crippen molar-refractivity contribution in [3.05, 3.63) is 75.8 Å². The van der Waals surface area contributed by atoms with Crippen molar-refractivity contribution < 1.29 is 4.79 Å². The van der Waals surface area contributed by atoms with Gasteiger partial charge in [-0.1, -0.05) is 19.6 Å². The Morgan fingerprint density at radius 3 is 2.61 bits per heavy atom. The number of nitrogens with zero attached hydrogens (tertiary/aromatic N) is 5. The van der Waals surface area contributed by atoms with Gasteiger partial charge in [0.25, 0.3) is 11.5 Å². The van der Waals surface area contributed by atoms with Crippen LogP contribution in [-0.4, -0.2) is 63.2 Å². The Labute approximate surface area is 192 Å². The van der Waals surface area contributed by atoms with E-state index in [9.17, 15) is 14.9 Å². The van der Waals surface area contributed by atoms with Crippen LogP contribution in [0.1, 0.15) is 34.0 Å². The normalized spacial score (nSPS) is 14.2. The van der Waals surface area contributed by atoms with E-state index in [2.05, 4.69) is 34.6 Å². The standard InChI is InChI=1S/C25H26N6O2/c1-4-18-13-21(17(3)12-20(18)14-26)22-16-28-31(25(22)33)23-7-6-19(15-27-23)24(32)30-10-8-29(5-2)9-11-30/h4,6-7,12-13,15-16,28H,1,5,8-11H2,2-3H3. The Kier molecular flexibility index (Phi) is 6.24. The van der Waals surface area contributed by atoms with E-state index in [-0.39, 0.29) is 11.5 Å². The van der Waals surface area contributed by atoms with Crippen molar-refractivity contribution in [2.45, 2.75) is 13.8 Å². The third kappa shape index (κ3) is 4.23. The molecule has 1 saturated heterocycles. The molecule has 0 aliphatic carbocycles. The molecule has 1 fully saturated rings. The second-order valence-corrected chi connectivity index (χ2v) is 8.03. The lowest BCUT2D eigenvalue weighted by molar-refractivity contribution is 0.0643. The molecule has 2 aromatic heterocycles. The van der Waals surface area contributed by atoms with Gasteiger partial charge >= 0.3 is 0 Å². The lowest BCUT2D eigenvalue weighted by Gasteiger charge is -2.34. The van der Waals surface area contributed by atoms with E-state index in [1.165, 1.54) is 10.9 Å². The number of H-pyrrole nitrogens is 1. The summed E-state index contributed by atoms with van der Waals surface area (Å²) >= 11 is 0. The van der Waals surface area contributed by atoms with Crippen LogP contribution in [0.4, 0.5) is 0 Å². The maximum Gasteiger partial charge on any atom is 0.280 e. The van der Waals surface area contributed by atoms with Crippen molar-refractivity contribution in [3.8, 4) is 23.0 Å². The first-order valence-corrected chi connectivity index (χ1v) is 10.9. The van der Waals surface area contributed by atoms with Gasteiger partial charge < -0.3 is 9.80 Å². The summed E-state index contributed by atoms with van der Waals surface area (Å²) in [4.78, 5) is 34.4. The number of likely N-dealkylation sites (N-methyl/N-ethyl adjacent to an activating group) is 1. The van der Waals surface area contributed by atoms with E-state index in [1.807, 2.05) is 11.8 Å². The highest BCUT2D eigenvalue weighted by molar-refractivity contribution is 5.94. The number of aromatic amines is 1. The highest BCUT2D eigenvalue weighted by atomic mass is 16.2. The minimum absolute atomic E-state index is 0.0468. The van der Waals surface area contributed by atoms with Gasteiger partial charge in [0.15, 0.2) is 5.82 Å². The molecule has 1 aromatic carbocycles. The summed E-state index contributed by atoms with van der Waals surface area (Å²) in [6.45, 7) is 11.9. The minimum Gasteiger partial charge on any atom is -0.336 e. The van der Waals surface area contributed by atoms with Crippen LogP contribution in [0.25, 0.3) is 23.0 Å². The van der Waals surface area contributed by atoms with Crippen LogP contribution in [0.3, 0.4) is 0 Å². The average molecular weight is 443 g/mol. The maximum atomic E-state index is 13.1. The number of nitrogens with one attached hydrogen (secondary N) is 1. The van der Waals surface area contributed by atoms with E-state index in [1.54, 1.807) is 36.5 Å². The molecule has 3 aromatic rings. The Hall–Kier alpha value is -3.96. The number of amides is 1. The summed E-state index contributed by atoms with van der Waals surface area (Å²) < 4.78 is 1.34. The summed E-state index contributed by atoms with van der Waals surface area (Å²) in [5.74, 6) is 0.350. The molecule has 0 atom stereocenters. The van der Waals surface area contributed by atoms with Crippen LogP contribution in [0.15, 0.2) is 48.0 Å². The van der Waals surface area contributed by atoms with Crippen molar-refractivity contribution in [2.75, 3.05) is 32.7 Å². The number of carbonyl (C=O) groups excluding carboxylic acids is 1. The number of hydrogen-bond acceptors (Lipinski definition) is 5. The van der Waals surface area contributed by atoms with Crippen molar-refractivity contribution in [1.29, 1.82) is 5.26 Å². The third-order valence-corrected chi connectivity index (χ3v) is 6.13. The average Bonchev–Trinajstić information content (AvgIpc) is 3.24. The molecule has 1 aliphatic rings. The van der Waals surface area contributed by atoms with Gasteiger partial charge in [0.1, 0.15) is 0 Å². The number of piperazine rings is 1. The molecule has 8 heteroatoms. The van der Waals surface area contributed by atoms with E-state index >= 15 is 0 Å². The molecule has 0 bridgehead atoms. The number of nitriles is 1. The monoisotopic (exact) mass is 442 g/mol. The van der Waals surface area contributed by atoms with Gasteiger partial charge in [-0.2, -0.15) is 5.26 Å². The number of aryl methyl sites for hydroxylation is 1. The fourth-order valence-electron chi connectivity index (χ4n) is 4.11. The molecule has 0 spiro atoms. The van der Waals surface area contributed by atoms with Crippen LogP contribution in [0.2, 0.25) is 0 Å². The Bertz CT molecular complexity index is 1290. The van der Waals surface area contributed by atoms with Gasteiger partial charge in [0, 0.05) is 38.6 Å². The van der Waals surface area contributed by atoms with E-state index in [0.717, 1.165) is 30.8 Å². The first-order valence-electron chi connectivity index (χ1n) is 10.9. The topological polar surface area (TPSA) is 98.0 Å². The highest BCUT2D eigenvalue weighted by Gasteiger charge is 2.22. The molecule has 3 heterocycles. The van der Waals surface area contributed by atoms with Gasteiger partial charge in [-0.25, -0.2) is 9.67 Å². The summed E-state index contributed by atoms with van der Waals surface area (Å²) in [7, 11) is 0. The Morgan fingerprint density at radius 1 is 1.24 bits per heavy atom. The van der Waals surface area contributed by atoms with E-state index < -0.39 is 0 Å². The summed E-state index contributed by atoms with van der Waals surface area (Å²) in [6, 6.07) is 9.06. The van der Waals surface area contributed by atoms with E-state index in [4.69, 9.17) is 0 Å². The van der Waals surface area contributed by atoms with Gasteiger partial charge in [-0.3, -0.25) is 14.7 Å². The zero-order valence-corrected chi connectivity index (χ0v) is 18.8. The SMILES string of the molecule is C=Cc1cc(-c2c[nH]n(-c3ccc(C(=O)N4CCN(CC)CC4)cn3)c2=O)c(C)cc1C#N. The van der Waals surface area contributed by atoms with Gasteiger partial charge in [0.2, 0.25) is 0 Å². The molecule has 1 N–H and O–H groups in total. The zero-order chi connectivity index (χ0) is 23.5. The fourth-order valence-corrected chi connectivity index (χ4v) is 4.11. The van der Waals surface area contributed by atoms with Crippen molar-refractivity contribution in [1.82, 2.24) is 24.6 Å². The van der Waals surface area contributed by atoms with Gasteiger partial charge in [0.05, 0.1) is 22.8 Å². The fraction of sp³-hybridized carbons (Fsp3) is 0.280. The van der Waals surface area contributed by atoms with E-state index in [0.29, 0.717) is 41.2 Å². The predicted octanol–water partition coefficient (Wildman–Crippen LogP) is 2.83. The quantitative estimate of drug-likeness (QED) is 0.655. The molecule has 0 unspecified atom stereocenters. The second kappa shape index (κ2) is 9.27. The maximum absolute atomic E-state index is 13.1. The van der Waals surface area contributed by atoms with Crippen molar-refractivity contribution >= 4 is 12.0 Å². The van der Waals surface area contributed by atoms with Gasteiger partial charge in [-0.15, -0.1) is 0 Å². The molecular weight excluding hydrogens is 416 g/mol. The largest absolute Gasteiger partial charge is 0.336 e. The first kappa shape index (κ1) is 22.2. The molecule has 1 aliphatic heterocycles. The zero-order valence-electron chi connectivity index (χ0n) is 18.8. The third-order valence-electron chi connectivity index (χ3n) is 6.13. The summed E-state index contributed by atoms with van der Waals surface area (Å²) in [5, 5.41) is 12.3. The van der Waals surface area contributed by atoms with Crippen LogP contribution >= 0.6 is 0 Å². The number of aromatic nitrogens is 3. The number of hydrogen-bond donors (Lipinski definition) is 1. The van der Waals surface area contributed by atoms with Gasteiger partial charge in [-0.05, 0) is 54.4 Å². The molecular formula is C25H26N6O2. The number of pyridine rings is 1. The van der Waals surface area contributed by atoms with Crippen molar-refractivity contribution in [2.24, 2.45) is 0 Å². The summed E-state index contributed by atoms with van der Waals surface area (Å²) in [5.41, 5.74) is 3.43. The predicted molar refractivity (Wildman–Crippen MR) is 127 cm³/mol. The number of rotatable bonds is 5. The minimum atomic E-state index is -0.264.